The zero-order valence-corrected chi connectivity index (χ0v) is 18.9. The van der Waals surface area contributed by atoms with Gasteiger partial charge in [0.1, 0.15) is 0 Å². The second-order valence-electron chi connectivity index (χ2n) is 9.24. The van der Waals surface area contributed by atoms with E-state index < -0.39 is 5.54 Å². The SMILES string of the molecule is [N-]=[N+]1C2CCSC23CCC1(C(=O)Cc1ccc(Cl)c(Cl)c1)C(CN1CCCC1)C3. The number of rotatable bonds is 5. The van der Waals surface area contributed by atoms with Gasteiger partial charge in [-0.2, -0.15) is 0 Å². The highest BCUT2D eigenvalue weighted by atomic mass is 35.5. The number of halogens is 2. The summed E-state index contributed by atoms with van der Waals surface area (Å²) in [5.74, 6) is 1.39. The minimum atomic E-state index is -0.772. The smallest absolute Gasteiger partial charge is 0.214 e. The number of carbonyl (C=O) groups excluding carboxylic acids is 1. The summed E-state index contributed by atoms with van der Waals surface area (Å²) in [5, 5.41) is 0.974. The fraction of sp³-hybridized carbons (Fsp3) is 0.682. The Hall–Kier alpha value is -0.620. The first-order chi connectivity index (χ1) is 13.9. The lowest BCUT2D eigenvalue weighted by atomic mass is 9.59. The van der Waals surface area contributed by atoms with E-state index in [0.717, 1.165) is 56.6 Å². The second-order valence-corrected chi connectivity index (χ2v) is 11.6. The predicted molar refractivity (Wildman–Crippen MR) is 118 cm³/mol. The summed E-state index contributed by atoms with van der Waals surface area (Å²) in [6, 6.07) is 5.52. The highest BCUT2D eigenvalue weighted by Crippen LogP contribution is 2.60. The Bertz CT molecular complexity index is 858. The van der Waals surface area contributed by atoms with E-state index in [0.29, 0.717) is 10.0 Å². The average molecular weight is 452 g/mol. The first-order valence-corrected chi connectivity index (χ1v) is 12.5. The summed E-state index contributed by atoms with van der Waals surface area (Å²) in [6.07, 6.45) is 6.57. The van der Waals surface area contributed by atoms with Crippen molar-refractivity contribution < 1.29 is 9.49 Å². The molecule has 5 aliphatic rings. The van der Waals surface area contributed by atoms with Crippen molar-refractivity contribution in [1.82, 2.24) is 4.90 Å². The van der Waals surface area contributed by atoms with Crippen LogP contribution in [-0.4, -0.2) is 57.1 Å². The molecule has 4 nitrogen and oxygen atoms in total. The Morgan fingerprint density at radius 1 is 1.24 bits per heavy atom. The first kappa shape index (κ1) is 20.3. The van der Waals surface area contributed by atoms with Gasteiger partial charge in [-0.1, -0.05) is 29.3 Å². The van der Waals surface area contributed by atoms with Gasteiger partial charge in [-0.05, 0) is 56.5 Å². The summed E-state index contributed by atoms with van der Waals surface area (Å²) in [5.41, 5.74) is 11.5. The molecule has 6 rings (SSSR count). The largest absolute Gasteiger partial charge is 0.506 e. The summed E-state index contributed by atoms with van der Waals surface area (Å²) in [4.78, 5) is 16.3. The quantitative estimate of drug-likeness (QED) is 0.589. The Morgan fingerprint density at radius 2 is 2.03 bits per heavy atom. The number of hydrogen-bond donors (Lipinski definition) is 0. The van der Waals surface area contributed by atoms with Gasteiger partial charge in [0.15, 0.2) is 6.04 Å². The Balaban J connectivity index is 1.47. The molecule has 1 spiro atoms. The van der Waals surface area contributed by atoms with E-state index >= 15 is 0 Å². The molecule has 1 aromatic carbocycles. The van der Waals surface area contributed by atoms with Gasteiger partial charge >= 0.3 is 0 Å². The van der Waals surface area contributed by atoms with Crippen molar-refractivity contribution in [2.24, 2.45) is 5.92 Å². The number of carbonyl (C=O) groups is 1. The molecule has 0 aromatic heterocycles. The number of nitrogens with zero attached hydrogens (tertiary/aromatic N) is 3. The lowest BCUT2D eigenvalue weighted by Gasteiger charge is -2.57. The van der Waals surface area contributed by atoms with Gasteiger partial charge in [-0.3, -0.25) is 4.79 Å². The third kappa shape index (κ3) is 3.19. The third-order valence-corrected chi connectivity index (χ3v) is 10.2. The molecule has 1 aromatic rings. The van der Waals surface area contributed by atoms with E-state index in [9.17, 15) is 10.3 Å². The summed E-state index contributed by atoms with van der Waals surface area (Å²) in [7, 11) is 0. The predicted octanol–water partition coefficient (Wildman–Crippen LogP) is 5.03. The molecule has 4 saturated heterocycles. The normalized spacial score (nSPS) is 36.6. The maximum Gasteiger partial charge on any atom is 0.214 e. The van der Waals surface area contributed by atoms with Crippen LogP contribution in [0.5, 0.6) is 0 Å². The van der Waals surface area contributed by atoms with Crippen LogP contribution in [0.3, 0.4) is 0 Å². The molecule has 4 aliphatic heterocycles. The highest BCUT2D eigenvalue weighted by molar-refractivity contribution is 8.01. The molecular formula is C22H27Cl2N3OS. The van der Waals surface area contributed by atoms with Crippen LogP contribution in [0.15, 0.2) is 18.2 Å². The fourth-order valence-corrected chi connectivity index (χ4v) is 8.41. The van der Waals surface area contributed by atoms with Crippen molar-refractivity contribution in [3.63, 3.8) is 0 Å². The molecule has 2 bridgehead atoms. The van der Waals surface area contributed by atoms with Crippen LogP contribution in [-0.2, 0) is 11.2 Å². The van der Waals surface area contributed by atoms with Gasteiger partial charge in [0.05, 0.1) is 14.8 Å². The van der Waals surface area contributed by atoms with E-state index in [1.54, 1.807) is 12.1 Å². The number of piperidine rings is 2. The van der Waals surface area contributed by atoms with Crippen LogP contribution >= 0.6 is 35.0 Å². The number of Topliss-reactive ketones (excluding diaryl/α,β-unsaturated/α-hetero) is 1. The van der Waals surface area contributed by atoms with Gasteiger partial charge in [0.2, 0.25) is 11.3 Å². The molecule has 0 radical (unpaired) electrons. The van der Waals surface area contributed by atoms with Gasteiger partial charge in [0, 0.05) is 37.5 Å². The minimum Gasteiger partial charge on any atom is -0.506 e. The number of hydrogen-bond acceptors (Lipinski definition) is 3. The number of thioether (sulfide) groups is 1. The van der Waals surface area contributed by atoms with Crippen molar-refractivity contribution in [1.29, 1.82) is 0 Å². The summed E-state index contributed by atoms with van der Waals surface area (Å²) >= 11 is 14.3. The zero-order valence-electron chi connectivity index (χ0n) is 16.6. The van der Waals surface area contributed by atoms with Crippen molar-refractivity contribution in [3.8, 4) is 0 Å². The highest BCUT2D eigenvalue weighted by Gasteiger charge is 2.70. The van der Waals surface area contributed by atoms with Gasteiger partial charge in [0.25, 0.3) is 0 Å². The molecule has 7 heteroatoms. The molecule has 0 amide bonds. The van der Waals surface area contributed by atoms with Crippen LogP contribution < -0.4 is 0 Å². The Kier molecular flexibility index (Phi) is 5.25. The third-order valence-electron chi connectivity index (χ3n) is 7.80. The molecular weight excluding hydrogens is 425 g/mol. The van der Waals surface area contributed by atoms with Crippen molar-refractivity contribution in [3.05, 3.63) is 39.3 Å². The van der Waals surface area contributed by atoms with Crippen molar-refractivity contribution in [2.75, 3.05) is 25.4 Å². The van der Waals surface area contributed by atoms with Crippen molar-refractivity contribution in [2.45, 2.75) is 61.3 Å². The van der Waals surface area contributed by atoms with Crippen LogP contribution in [0.4, 0.5) is 0 Å². The van der Waals surface area contributed by atoms with Crippen LogP contribution in [0, 0.1) is 5.92 Å². The second kappa shape index (κ2) is 7.51. The zero-order chi connectivity index (χ0) is 20.2. The Labute approximate surface area is 186 Å². The number of fused-ring (bicyclic) bond motifs is 2. The molecule has 1 saturated carbocycles. The maximum atomic E-state index is 13.8. The maximum absolute atomic E-state index is 13.8. The molecule has 4 heterocycles. The standard InChI is InChI=1S/C22H27Cl2N3OS/c23-17-4-3-15(11-18(17)24)12-20(28)22-7-6-21(19(27(22)25)5-10-29-21)13-16(22)14-26-8-1-2-9-26/h3-4,11,16,19H,1-2,5-10,12-14H2. The van der Waals surface area contributed by atoms with E-state index in [2.05, 4.69) is 4.90 Å². The number of benzene rings is 1. The van der Waals surface area contributed by atoms with E-state index in [1.165, 1.54) is 17.5 Å². The lowest BCUT2D eigenvalue weighted by molar-refractivity contribution is -0.678. The van der Waals surface area contributed by atoms with Crippen LogP contribution in [0.1, 0.15) is 44.1 Å². The first-order valence-electron chi connectivity index (χ1n) is 10.8. The Morgan fingerprint density at radius 3 is 2.79 bits per heavy atom. The van der Waals surface area contributed by atoms with E-state index in [4.69, 9.17) is 23.2 Å². The minimum absolute atomic E-state index is 0.105. The van der Waals surface area contributed by atoms with E-state index in [1.807, 2.05) is 17.8 Å². The topological polar surface area (TPSA) is 45.6 Å². The average Bonchev–Trinajstić information content (AvgIpc) is 3.35. The van der Waals surface area contributed by atoms with E-state index in [-0.39, 0.29) is 28.9 Å². The van der Waals surface area contributed by atoms with Crippen LogP contribution in [0.2, 0.25) is 10.0 Å². The van der Waals surface area contributed by atoms with Gasteiger partial charge < -0.3 is 15.1 Å². The fourth-order valence-electron chi connectivity index (χ4n) is 6.36. The molecule has 4 unspecified atom stereocenters. The molecule has 4 atom stereocenters. The molecule has 0 N–H and O–H groups in total. The van der Waals surface area contributed by atoms with Gasteiger partial charge in [-0.15, -0.1) is 11.8 Å². The monoisotopic (exact) mass is 451 g/mol. The molecule has 29 heavy (non-hydrogen) atoms. The lowest BCUT2D eigenvalue weighted by Crippen LogP contribution is -2.71. The molecule has 1 aliphatic carbocycles. The number of ketones is 1. The summed E-state index contributed by atoms with van der Waals surface area (Å²) in [6.45, 7) is 3.14. The summed E-state index contributed by atoms with van der Waals surface area (Å²) < 4.78 is 1.66. The molecule has 5 fully saturated rings. The molecule has 156 valence electrons. The van der Waals surface area contributed by atoms with Gasteiger partial charge in [-0.25, -0.2) is 0 Å². The number of likely N-dealkylation sites (tertiary alicyclic amines) is 1. The van der Waals surface area contributed by atoms with Crippen molar-refractivity contribution >= 4 is 40.7 Å². The van der Waals surface area contributed by atoms with Crippen LogP contribution in [0.25, 0.3) is 5.53 Å².